The van der Waals surface area contributed by atoms with Gasteiger partial charge in [-0.05, 0) is 34.6 Å². The van der Waals surface area contributed by atoms with E-state index in [9.17, 15) is 0 Å². The Morgan fingerprint density at radius 1 is 1.19 bits per heavy atom. The summed E-state index contributed by atoms with van der Waals surface area (Å²) in [5, 5.41) is 4.71. The lowest BCUT2D eigenvalue weighted by Gasteiger charge is -2.17. The van der Waals surface area contributed by atoms with Crippen LogP contribution in [0.3, 0.4) is 0 Å². The molecule has 0 bridgehead atoms. The zero-order valence-electron chi connectivity index (χ0n) is 12.2. The van der Waals surface area contributed by atoms with Crippen molar-refractivity contribution in [2.24, 2.45) is 0 Å². The van der Waals surface area contributed by atoms with Crippen molar-refractivity contribution < 1.29 is 8.83 Å². The molecule has 0 aliphatic heterocycles. The normalized spacial score (nSPS) is 12.9. The van der Waals surface area contributed by atoms with Crippen LogP contribution < -0.4 is 5.32 Å². The van der Waals surface area contributed by atoms with Gasteiger partial charge in [-0.15, -0.1) is 0 Å². The van der Waals surface area contributed by atoms with Gasteiger partial charge in [-0.25, -0.2) is 0 Å². The molecule has 0 fully saturated rings. The molecule has 3 rings (SSSR count). The molecule has 1 unspecified atom stereocenters. The number of benzene rings is 1. The van der Waals surface area contributed by atoms with Crippen LogP contribution in [0.15, 0.2) is 50.1 Å². The molecule has 21 heavy (non-hydrogen) atoms. The first-order valence-electron chi connectivity index (χ1n) is 7.22. The van der Waals surface area contributed by atoms with Crippen LogP contribution in [-0.2, 0) is 6.42 Å². The van der Waals surface area contributed by atoms with Crippen LogP contribution in [0.5, 0.6) is 0 Å². The summed E-state index contributed by atoms with van der Waals surface area (Å²) in [6, 6.07) is 10.2. The number of fused-ring (bicyclic) bond motifs is 1. The largest absolute Gasteiger partial charge is 0.461 e. The molecule has 3 aromatic rings. The molecule has 2 heterocycles. The van der Waals surface area contributed by atoms with Crippen molar-refractivity contribution in [2.75, 3.05) is 6.54 Å². The van der Waals surface area contributed by atoms with Gasteiger partial charge in [0.05, 0.1) is 12.3 Å². The third-order valence-electron chi connectivity index (χ3n) is 3.69. The van der Waals surface area contributed by atoms with E-state index >= 15 is 0 Å². The number of halogens is 1. The van der Waals surface area contributed by atoms with Crippen LogP contribution in [0.4, 0.5) is 0 Å². The molecule has 0 saturated carbocycles. The fourth-order valence-electron chi connectivity index (χ4n) is 2.78. The highest BCUT2D eigenvalue weighted by atomic mass is 79.9. The smallest absolute Gasteiger partial charge is 0.174 e. The summed E-state index contributed by atoms with van der Waals surface area (Å²) in [5.41, 5.74) is 3.24. The zero-order valence-corrected chi connectivity index (χ0v) is 13.7. The van der Waals surface area contributed by atoms with Crippen molar-refractivity contribution in [3.8, 4) is 0 Å². The maximum Gasteiger partial charge on any atom is 0.174 e. The van der Waals surface area contributed by atoms with Crippen molar-refractivity contribution >= 4 is 26.9 Å². The number of aryl methyl sites for hydroxylation is 1. The van der Waals surface area contributed by atoms with Crippen LogP contribution in [0.25, 0.3) is 11.0 Å². The number of para-hydroxylation sites is 1. The Balaban J connectivity index is 2.21. The predicted octanol–water partition coefficient (Wildman–Crippen LogP) is 5.05. The Morgan fingerprint density at radius 2 is 2.00 bits per heavy atom. The number of hydrogen-bond donors (Lipinski definition) is 1. The first-order chi connectivity index (χ1) is 10.3. The molecule has 0 saturated heterocycles. The second kappa shape index (κ2) is 6.08. The van der Waals surface area contributed by atoms with E-state index < -0.39 is 0 Å². The summed E-state index contributed by atoms with van der Waals surface area (Å²) in [7, 11) is 0. The Kier molecular flexibility index (Phi) is 4.17. The van der Waals surface area contributed by atoms with Gasteiger partial charge in [0.2, 0.25) is 0 Å². The molecule has 0 aliphatic rings. The predicted molar refractivity (Wildman–Crippen MR) is 87.5 cm³/mol. The summed E-state index contributed by atoms with van der Waals surface area (Å²) >= 11 is 3.50. The highest BCUT2D eigenvalue weighted by molar-refractivity contribution is 9.10. The Hall–Kier alpha value is -1.52. The number of furan rings is 2. The Labute approximate surface area is 132 Å². The number of hydrogen-bond acceptors (Lipinski definition) is 3. The van der Waals surface area contributed by atoms with E-state index in [1.165, 1.54) is 5.56 Å². The molecular weight excluding hydrogens is 330 g/mol. The van der Waals surface area contributed by atoms with Gasteiger partial charge in [0.25, 0.3) is 0 Å². The minimum Gasteiger partial charge on any atom is -0.461 e. The van der Waals surface area contributed by atoms with Crippen LogP contribution >= 0.6 is 15.9 Å². The second-order valence-electron chi connectivity index (χ2n) is 4.93. The Bertz CT molecular complexity index is 744. The van der Waals surface area contributed by atoms with Gasteiger partial charge in [-0.2, -0.15) is 0 Å². The minimum absolute atomic E-state index is 0.0572. The molecule has 1 aromatic carbocycles. The van der Waals surface area contributed by atoms with E-state index in [1.807, 2.05) is 24.3 Å². The van der Waals surface area contributed by atoms with Crippen molar-refractivity contribution in [2.45, 2.75) is 26.3 Å². The lowest BCUT2D eigenvalue weighted by atomic mass is 9.97. The summed E-state index contributed by atoms with van der Waals surface area (Å²) < 4.78 is 12.2. The quantitative estimate of drug-likeness (QED) is 0.701. The van der Waals surface area contributed by atoms with Crippen molar-refractivity contribution in [1.29, 1.82) is 0 Å². The van der Waals surface area contributed by atoms with Crippen LogP contribution in [0, 0.1) is 0 Å². The average Bonchev–Trinajstić information content (AvgIpc) is 3.08. The van der Waals surface area contributed by atoms with Crippen LogP contribution in [0.1, 0.15) is 36.8 Å². The van der Waals surface area contributed by atoms with Gasteiger partial charge in [-0.3, -0.25) is 0 Å². The van der Waals surface area contributed by atoms with Crippen molar-refractivity contribution in [3.63, 3.8) is 0 Å². The maximum atomic E-state index is 6.03. The third kappa shape index (κ3) is 2.54. The van der Waals surface area contributed by atoms with Gasteiger partial charge in [0.15, 0.2) is 4.67 Å². The summed E-state index contributed by atoms with van der Waals surface area (Å²) in [5.74, 6) is 1.02. The molecule has 3 nitrogen and oxygen atoms in total. The van der Waals surface area contributed by atoms with Gasteiger partial charge >= 0.3 is 0 Å². The first-order valence-corrected chi connectivity index (χ1v) is 8.02. The van der Waals surface area contributed by atoms with E-state index in [0.29, 0.717) is 0 Å². The number of rotatable bonds is 5. The molecular formula is C17H18BrNO2. The van der Waals surface area contributed by atoms with Crippen molar-refractivity contribution in [3.05, 3.63) is 58.2 Å². The molecule has 2 aromatic heterocycles. The van der Waals surface area contributed by atoms with E-state index in [2.05, 4.69) is 41.2 Å². The van der Waals surface area contributed by atoms with Crippen LogP contribution in [-0.4, -0.2) is 6.54 Å². The van der Waals surface area contributed by atoms with E-state index in [1.54, 1.807) is 6.26 Å². The van der Waals surface area contributed by atoms with Gasteiger partial charge < -0.3 is 14.2 Å². The molecule has 0 amide bonds. The van der Waals surface area contributed by atoms with Crippen LogP contribution in [0.2, 0.25) is 0 Å². The number of nitrogens with one attached hydrogen (secondary N) is 1. The fourth-order valence-corrected chi connectivity index (χ4v) is 3.25. The lowest BCUT2D eigenvalue weighted by Crippen LogP contribution is -2.22. The van der Waals surface area contributed by atoms with Gasteiger partial charge in [-0.1, -0.05) is 32.0 Å². The summed E-state index contributed by atoms with van der Waals surface area (Å²) in [6.07, 6.45) is 2.57. The van der Waals surface area contributed by atoms with E-state index in [4.69, 9.17) is 8.83 Å². The van der Waals surface area contributed by atoms with E-state index in [-0.39, 0.29) is 6.04 Å². The topological polar surface area (TPSA) is 38.3 Å². The van der Waals surface area contributed by atoms with Crippen molar-refractivity contribution in [1.82, 2.24) is 5.32 Å². The first kappa shape index (κ1) is 14.4. The average molecular weight is 348 g/mol. The molecule has 0 radical (unpaired) electrons. The second-order valence-corrected chi connectivity index (χ2v) is 5.65. The van der Waals surface area contributed by atoms with Gasteiger partial charge in [0.1, 0.15) is 11.3 Å². The van der Waals surface area contributed by atoms with Gasteiger partial charge in [0, 0.05) is 22.9 Å². The molecule has 110 valence electrons. The maximum absolute atomic E-state index is 6.03. The third-order valence-corrected chi connectivity index (χ3v) is 4.33. The fraction of sp³-hybridized carbons (Fsp3) is 0.294. The SMILES string of the molecule is CCNC(c1ccoc1Br)c1c(CC)oc2ccccc12. The molecule has 1 N–H and O–H groups in total. The standard InChI is InChI=1S/C17H18BrNO2/c1-3-13-15(11-7-5-6-8-14(11)21-13)16(19-4-2)12-9-10-20-17(12)18/h5-10,16,19H,3-4H2,1-2H3. The molecule has 4 heteroatoms. The molecule has 0 spiro atoms. The summed E-state index contributed by atoms with van der Waals surface area (Å²) in [4.78, 5) is 0. The molecule has 1 atom stereocenters. The molecule has 0 aliphatic carbocycles. The monoisotopic (exact) mass is 347 g/mol. The zero-order chi connectivity index (χ0) is 14.8. The lowest BCUT2D eigenvalue weighted by molar-refractivity contribution is 0.516. The highest BCUT2D eigenvalue weighted by Crippen LogP contribution is 2.37. The minimum atomic E-state index is 0.0572. The summed E-state index contributed by atoms with van der Waals surface area (Å²) in [6.45, 7) is 5.09. The Morgan fingerprint density at radius 3 is 2.67 bits per heavy atom. The van der Waals surface area contributed by atoms with E-state index in [0.717, 1.165) is 39.9 Å². The highest BCUT2D eigenvalue weighted by Gasteiger charge is 2.25.